The van der Waals surface area contributed by atoms with Crippen LogP contribution in [0.25, 0.3) is 0 Å². The normalized spacial score (nSPS) is 13.2. The van der Waals surface area contributed by atoms with Gasteiger partial charge in [0.1, 0.15) is 12.2 Å². The van der Waals surface area contributed by atoms with Crippen LogP contribution in [0.1, 0.15) is 35.7 Å². The fourth-order valence-electron chi connectivity index (χ4n) is 1.75. The van der Waals surface area contributed by atoms with E-state index in [4.69, 9.17) is 0 Å². The number of aliphatic hydroxyl groups excluding tert-OH is 1. The molecular weight excluding hydrogens is 248 g/mol. The molecule has 5 nitrogen and oxygen atoms in total. The summed E-state index contributed by atoms with van der Waals surface area (Å²) in [7, 11) is 0. The molecule has 0 spiro atoms. The first kappa shape index (κ1) is 13.2. The van der Waals surface area contributed by atoms with Gasteiger partial charge in [-0.2, -0.15) is 5.10 Å². The topological polar surface area (TPSA) is 63.8 Å². The van der Waals surface area contributed by atoms with E-state index in [0.29, 0.717) is 12.3 Å². The summed E-state index contributed by atoms with van der Waals surface area (Å²) in [6.07, 6.45) is 3.20. The third kappa shape index (κ3) is 3.14. The minimum Gasteiger partial charge on any atom is -0.387 e. The summed E-state index contributed by atoms with van der Waals surface area (Å²) in [6.45, 7) is 7.02. The summed E-state index contributed by atoms with van der Waals surface area (Å²) < 4.78 is 1.86. The molecule has 0 aliphatic heterocycles. The molecule has 2 aromatic heterocycles. The SMILES string of the molecule is Cc1ncc(C(O)Cc2ncnn2CC(C)C)s1. The van der Waals surface area contributed by atoms with Crippen molar-refractivity contribution in [3.63, 3.8) is 0 Å². The lowest BCUT2D eigenvalue weighted by atomic mass is 10.2. The van der Waals surface area contributed by atoms with E-state index in [1.165, 1.54) is 11.3 Å². The number of aryl methyl sites for hydroxylation is 1. The smallest absolute Gasteiger partial charge is 0.138 e. The van der Waals surface area contributed by atoms with Crippen molar-refractivity contribution >= 4 is 11.3 Å². The molecule has 0 radical (unpaired) electrons. The standard InChI is InChI=1S/C12H18N4OS/c1-8(2)6-16-12(14-7-15-16)4-10(17)11-5-13-9(3)18-11/h5,7-8,10,17H,4,6H2,1-3H3. The summed E-state index contributed by atoms with van der Waals surface area (Å²) in [4.78, 5) is 9.25. The molecule has 0 aliphatic carbocycles. The molecule has 2 heterocycles. The van der Waals surface area contributed by atoms with Crippen molar-refractivity contribution in [2.45, 2.75) is 39.8 Å². The fraction of sp³-hybridized carbons (Fsp3) is 0.583. The average molecular weight is 266 g/mol. The first-order valence-electron chi connectivity index (χ1n) is 6.03. The van der Waals surface area contributed by atoms with E-state index in [2.05, 4.69) is 28.9 Å². The zero-order valence-corrected chi connectivity index (χ0v) is 11.7. The maximum Gasteiger partial charge on any atom is 0.138 e. The Morgan fingerprint density at radius 1 is 1.39 bits per heavy atom. The lowest BCUT2D eigenvalue weighted by molar-refractivity contribution is 0.177. The highest BCUT2D eigenvalue weighted by atomic mass is 32.1. The average Bonchev–Trinajstić information content (AvgIpc) is 2.88. The second kappa shape index (κ2) is 5.58. The third-order valence-electron chi connectivity index (χ3n) is 2.58. The van der Waals surface area contributed by atoms with Crippen molar-refractivity contribution in [1.29, 1.82) is 0 Å². The Kier molecular flexibility index (Phi) is 4.08. The zero-order valence-electron chi connectivity index (χ0n) is 10.9. The number of nitrogens with zero attached hydrogens (tertiary/aromatic N) is 4. The summed E-state index contributed by atoms with van der Waals surface area (Å²) in [5, 5.41) is 15.3. The van der Waals surface area contributed by atoms with Crippen LogP contribution < -0.4 is 0 Å². The van der Waals surface area contributed by atoms with Gasteiger partial charge in [0.15, 0.2) is 0 Å². The number of aromatic nitrogens is 4. The maximum absolute atomic E-state index is 10.2. The van der Waals surface area contributed by atoms with Gasteiger partial charge in [-0.05, 0) is 12.8 Å². The van der Waals surface area contributed by atoms with Gasteiger partial charge in [-0.15, -0.1) is 11.3 Å². The number of rotatable bonds is 5. The van der Waals surface area contributed by atoms with Gasteiger partial charge < -0.3 is 5.11 Å². The van der Waals surface area contributed by atoms with Crippen molar-refractivity contribution < 1.29 is 5.11 Å². The van der Waals surface area contributed by atoms with E-state index >= 15 is 0 Å². The van der Waals surface area contributed by atoms with Crippen LogP contribution in [0.3, 0.4) is 0 Å². The second-order valence-corrected chi connectivity index (χ2v) is 6.02. The molecule has 0 bridgehead atoms. The van der Waals surface area contributed by atoms with Crippen molar-refractivity contribution in [1.82, 2.24) is 19.7 Å². The molecule has 1 unspecified atom stereocenters. The Balaban J connectivity index is 2.07. The van der Waals surface area contributed by atoms with E-state index in [0.717, 1.165) is 22.3 Å². The fourth-order valence-corrected chi connectivity index (χ4v) is 2.52. The van der Waals surface area contributed by atoms with Gasteiger partial charge in [0.25, 0.3) is 0 Å². The van der Waals surface area contributed by atoms with Crippen LogP contribution in [0.2, 0.25) is 0 Å². The molecule has 0 aliphatic rings. The highest BCUT2D eigenvalue weighted by Gasteiger charge is 2.15. The van der Waals surface area contributed by atoms with Crippen molar-refractivity contribution in [3.8, 4) is 0 Å². The number of hydrogen-bond acceptors (Lipinski definition) is 5. The number of hydrogen-bond donors (Lipinski definition) is 1. The summed E-state index contributed by atoms with van der Waals surface area (Å²) in [6, 6.07) is 0. The monoisotopic (exact) mass is 266 g/mol. The molecule has 0 amide bonds. The number of aliphatic hydroxyl groups is 1. The molecule has 0 aromatic carbocycles. The van der Waals surface area contributed by atoms with Crippen LogP contribution in [0.5, 0.6) is 0 Å². The Bertz CT molecular complexity index is 506. The Morgan fingerprint density at radius 2 is 2.17 bits per heavy atom. The van der Waals surface area contributed by atoms with Crippen LogP contribution in [0.4, 0.5) is 0 Å². The Labute approximate surface area is 111 Å². The second-order valence-electron chi connectivity index (χ2n) is 4.75. The van der Waals surface area contributed by atoms with E-state index in [-0.39, 0.29) is 0 Å². The lowest BCUT2D eigenvalue weighted by Crippen LogP contribution is -2.13. The predicted octanol–water partition coefficient (Wildman–Crippen LogP) is 1.98. The maximum atomic E-state index is 10.2. The predicted molar refractivity (Wildman–Crippen MR) is 70.4 cm³/mol. The summed E-state index contributed by atoms with van der Waals surface area (Å²) >= 11 is 1.52. The lowest BCUT2D eigenvalue weighted by Gasteiger charge is -2.11. The van der Waals surface area contributed by atoms with Crippen LogP contribution in [-0.2, 0) is 13.0 Å². The van der Waals surface area contributed by atoms with Gasteiger partial charge in [0.2, 0.25) is 0 Å². The molecule has 6 heteroatoms. The van der Waals surface area contributed by atoms with Crippen molar-refractivity contribution in [3.05, 3.63) is 28.2 Å². The molecule has 0 saturated heterocycles. The molecule has 98 valence electrons. The molecule has 0 saturated carbocycles. The van der Waals surface area contributed by atoms with Crippen LogP contribution in [0.15, 0.2) is 12.5 Å². The molecule has 1 atom stereocenters. The molecule has 2 rings (SSSR count). The van der Waals surface area contributed by atoms with Crippen LogP contribution in [0, 0.1) is 12.8 Å². The Hall–Kier alpha value is -1.27. The van der Waals surface area contributed by atoms with E-state index in [9.17, 15) is 5.11 Å². The highest BCUT2D eigenvalue weighted by Crippen LogP contribution is 2.23. The molecule has 0 fully saturated rings. The summed E-state index contributed by atoms with van der Waals surface area (Å²) in [5.74, 6) is 1.33. The number of thiazole rings is 1. The van der Waals surface area contributed by atoms with E-state index in [1.807, 2.05) is 11.6 Å². The van der Waals surface area contributed by atoms with Gasteiger partial charge in [0.05, 0.1) is 16.0 Å². The highest BCUT2D eigenvalue weighted by molar-refractivity contribution is 7.11. The van der Waals surface area contributed by atoms with E-state index < -0.39 is 6.10 Å². The zero-order chi connectivity index (χ0) is 13.1. The van der Waals surface area contributed by atoms with Crippen molar-refractivity contribution in [2.24, 2.45) is 5.92 Å². The minimum atomic E-state index is -0.550. The van der Waals surface area contributed by atoms with Crippen molar-refractivity contribution in [2.75, 3.05) is 0 Å². The van der Waals surface area contributed by atoms with Gasteiger partial charge >= 0.3 is 0 Å². The minimum absolute atomic E-state index is 0.481. The van der Waals surface area contributed by atoms with Gasteiger partial charge in [-0.1, -0.05) is 13.8 Å². The first-order valence-corrected chi connectivity index (χ1v) is 6.85. The molecule has 18 heavy (non-hydrogen) atoms. The third-order valence-corrected chi connectivity index (χ3v) is 3.59. The molecular formula is C12H18N4OS. The largest absolute Gasteiger partial charge is 0.387 e. The van der Waals surface area contributed by atoms with Crippen LogP contribution in [-0.4, -0.2) is 24.9 Å². The first-order chi connectivity index (χ1) is 8.56. The summed E-state index contributed by atoms with van der Waals surface area (Å²) in [5.41, 5.74) is 0. The van der Waals surface area contributed by atoms with E-state index in [1.54, 1.807) is 12.5 Å². The quantitative estimate of drug-likeness (QED) is 0.898. The van der Waals surface area contributed by atoms with Crippen LogP contribution >= 0.6 is 11.3 Å². The Morgan fingerprint density at radius 3 is 2.78 bits per heavy atom. The van der Waals surface area contributed by atoms with Gasteiger partial charge in [-0.25, -0.2) is 14.6 Å². The molecule has 1 N–H and O–H groups in total. The van der Waals surface area contributed by atoms with Gasteiger partial charge in [-0.3, -0.25) is 0 Å². The molecule has 2 aromatic rings. The van der Waals surface area contributed by atoms with Gasteiger partial charge in [0, 0.05) is 19.2 Å².